The monoisotopic (exact) mass is 350 g/mol. The van der Waals surface area contributed by atoms with Gasteiger partial charge in [0, 0.05) is 11.3 Å². The maximum Gasteiger partial charge on any atom is 0.263 e. The summed E-state index contributed by atoms with van der Waals surface area (Å²) in [6.07, 6.45) is 4.00. The second-order valence-electron chi connectivity index (χ2n) is 4.50. The fraction of sp³-hybridized carbons (Fsp3) is 0.214. The molecule has 114 valence electrons. The molecule has 2 N–H and O–H groups in total. The molecule has 0 unspecified atom stereocenters. The fourth-order valence-electron chi connectivity index (χ4n) is 2.05. The number of nitrogen functional groups attached to an aromatic ring is 1. The van der Waals surface area contributed by atoms with Crippen molar-refractivity contribution in [1.82, 2.24) is 14.5 Å². The van der Waals surface area contributed by atoms with Crippen molar-refractivity contribution in [2.24, 2.45) is 0 Å². The van der Waals surface area contributed by atoms with E-state index in [1.807, 2.05) is 37.6 Å². The highest BCUT2D eigenvalue weighted by molar-refractivity contribution is 8.01. The van der Waals surface area contributed by atoms with E-state index in [0.29, 0.717) is 11.7 Å². The molecule has 5 nitrogen and oxygen atoms in total. The van der Waals surface area contributed by atoms with Crippen LogP contribution in [-0.2, 0) is 0 Å². The van der Waals surface area contributed by atoms with Crippen LogP contribution in [-0.4, -0.2) is 27.0 Å². The standard InChI is InChI=1S/C14H14N4OS3/c1-7-8(5-4-6-9(7)15)11-16-12(19-17-11)10-13(20-2)18-22-14(10)21-3/h4-6H,15H2,1-3H3. The van der Waals surface area contributed by atoms with Gasteiger partial charge in [-0.25, -0.2) is 0 Å². The van der Waals surface area contributed by atoms with Gasteiger partial charge in [-0.2, -0.15) is 9.36 Å². The van der Waals surface area contributed by atoms with E-state index in [1.165, 1.54) is 11.5 Å². The number of benzene rings is 1. The minimum absolute atomic E-state index is 0.499. The maximum atomic E-state index is 5.95. The lowest BCUT2D eigenvalue weighted by Gasteiger charge is -2.03. The van der Waals surface area contributed by atoms with Gasteiger partial charge in [0.2, 0.25) is 5.82 Å². The molecule has 0 aliphatic heterocycles. The highest BCUT2D eigenvalue weighted by Gasteiger charge is 2.21. The lowest BCUT2D eigenvalue weighted by molar-refractivity contribution is 0.431. The van der Waals surface area contributed by atoms with Crippen molar-refractivity contribution in [2.75, 3.05) is 18.2 Å². The van der Waals surface area contributed by atoms with Crippen molar-refractivity contribution < 1.29 is 4.52 Å². The zero-order valence-electron chi connectivity index (χ0n) is 12.3. The highest BCUT2D eigenvalue weighted by atomic mass is 32.2. The molecule has 0 aliphatic carbocycles. The topological polar surface area (TPSA) is 77.8 Å². The largest absolute Gasteiger partial charge is 0.398 e. The minimum Gasteiger partial charge on any atom is -0.398 e. The summed E-state index contributed by atoms with van der Waals surface area (Å²) in [7, 11) is 0. The van der Waals surface area contributed by atoms with E-state index >= 15 is 0 Å². The Bertz CT molecular complexity index is 791. The van der Waals surface area contributed by atoms with Crippen LogP contribution in [0.4, 0.5) is 5.69 Å². The maximum absolute atomic E-state index is 5.95. The third-order valence-corrected chi connectivity index (χ3v) is 6.00. The predicted molar refractivity (Wildman–Crippen MR) is 93.6 cm³/mol. The van der Waals surface area contributed by atoms with E-state index in [9.17, 15) is 0 Å². The Morgan fingerprint density at radius 3 is 2.77 bits per heavy atom. The molecule has 0 saturated carbocycles. The lowest BCUT2D eigenvalue weighted by Crippen LogP contribution is -1.93. The van der Waals surface area contributed by atoms with Gasteiger partial charge in [-0.15, -0.1) is 23.5 Å². The van der Waals surface area contributed by atoms with E-state index < -0.39 is 0 Å². The number of anilines is 1. The van der Waals surface area contributed by atoms with E-state index in [4.69, 9.17) is 10.3 Å². The molecule has 22 heavy (non-hydrogen) atoms. The first-order valence-corrected chi connectivity index (χ1v) is 9.65. The zero-order valence-corrected chi connectivity index (χ0v) is 14.7. The van der Waals surface area contributed by atoms with Gasteiger partial charge in [-0.1, -0.05) is 17.3 Å². The minimum atomic E-state index is 0.499. The van der Waals surface area contributed by atoms with Crippen LogP contribution in [0, 0.1) is 6.92 Å². The summed E-state index contributed by atoms with van der Waals surface area (Å²) >= 11 is 4.66. The third-order valence-electron chi connectivity index (χ3n) is 3.26. The van der Waals surface area contributed by atoms with Gasteiger partial charge in [-0.3, -0.25) is 0 Å². The van der Waals surface area contributed by atoms with Crippen molar-refractivity contribution in [3.63, 3.8) is 0 Å². The first kappa shape index (κ1) is 15.4. The fourth-order valence-corrected chi connectivity index (χ4v) is 4.31. The van der Waals surface area contributed by atoms with Crippen LogP contribution in [0.3, 0.4) is 0 Å². The molecule has 2 heterocycles. The van der Waals surface area contributed by atoms with Crippen molar-refractivity contribution in [3.05, 3.63) is 23.8 Å². The number of nitrogens with zero attached hydrogens (tertiary/aromatic N) is 3. The molecule has 3 rings (SSSR count). The normalized spacial score (nSPS) is 11.0. The van der Waals surface area contributed by atoms with E-state index in [-0.39, 0.29) is 0 Å². The Hall–Kier alpha value is -1.51. The van der Waals surface area contributed by atoms with Gasteiger partial charge < -0.3 is 10.3 Å². The molecule has 3 aromatic rings. The van der Waals surface area contributed by atoms with E-state index in [1.54, 1.807) is 23.5 Å². The van der Waals surface area contributed by atoms with Gasteiger partial charge in [0.25, 0.3) is 5.89 Å². The van der Waals surface area contributed by atoms with E-state index in [0.717, 1.165) is 31.6 Å². The van der Waals surface area contributed by atoms with Crippen molar-refractivity contribution in [3.8, 4) is 22.8 Å². The molecule has 1 aromatic carbocycles. The van der Waals surface area contributed by atoms with Crippen LogP contribution in [0.25, 0.3) is 22.8 Å². The molecule has 0 aliphatic rings. The average molecular weight is 350 g/mol. The van der Waals surface area contributed by atoms with Crippen LogP contribution >= 0.6 is 35.1 Å². The van der Waals surface area contributed by atoms with Gasteiger partial charge >= 0.3 is 0 Å². The van der Waals surface area contributed by atoms with Crippen molar-refractivity contribution >= 4 is 40.7 Å². The molecular weight excluding hydrogens is 336 g/mol. The van der Waals surface area contributed by atoms with Crippen LogP contribution in [0.2, 0.25) is 0 Å². The smallest absolute Gasteiger partial charge is 0.263 e. The lowest BCUT2D eigenvalue weighted by atomic mass is 10.1. The van der Waals surface area contributed by atoms with Crippen LogP contribution < -0.4 is 5.73 Å². The molecule has 0 bridgehead atoms. The van der Waals surface area contributed by atoms with Crippen molar-refractivity contribution in [2.45, 2.75) is 16.2 Å². The van der Waals surface area contributed by atoms with E-state index in [2.05, 4.69) is 14.5 Å². The molecule has 0 amide bonds. The Balaban J connectivity index is 2.08. The summed E-state index contributed by atoms with van der Waals surface area (Å²) < 4.78 is 11.0. The average Bonchev–Trinajstić information content (AvgIpc) is 3.15. The third kappa shape index (κ3) is 2.62. The SMILES string of the molecule is CSc1nsc(SC)c1-c1nc(-c2cccc(N)c2C)no1. The first-order valence-electron chi connectivity index (χ1n) is 6.43. The summed E-state index contributed by atoms with van der Waals surface area (Å²) in [4.78, 5) is 4.55. The molecule has 2 aromatic heterocycles. The Morgan fingerprint density at radius 2 is 2.05 bits per heavy atom. The van der Waals surface area contributed by atoms with Gasteiger partial charge in [-0.05, 0) is 42.6 Å². The number of aromatic nitrogens is 3. The molecular formula is C14H14N4OS3. The van der Waals surface area contributed by atoms with Gasteiger partial charge in [0.05, 0.1) is 9.77 Å². The Labute approximate surface area is 140 Å². The summed E-state index contributed by atoms with van der Waals surface area (Å²) in [6, 6.07) is 5.69. The summed E-state index contributed by atoms with van der Waals surface area (Å²) in [5, 5.41) is 5.02. The second kappa shape index (κ2) is 6.31. The second-order valence-corrected chi connectivity index (χ2v) is 7.14. The first-order chi connectivity index (χ1) is 10.7. The highest BCUT2D eigenvalue weighted by Crippen LogP contribution is 2.40. The molecule has 0 spiro atoms. The number of nitrogens with two attached hydrogens (primary N) is 1. The van der Waals surface area contributed by atoms with Crippen LogP contribution in [0.5, 0.6) is 0 Å². The summed E-state index contributed by atoms with van der Waals surface area (Å²) in [6.45, 7) is 1.95. The Morgan fingerprint density at radius 1 is 1.23 bits per heavy atom. The molecule has 8 heteroatoms. The van der Waals surface area contributed by atoms with Crippen LogP contribution in [0.15, 0.2) is 32.0 Å². The number of rotatable bonds is 4. The number of hydrogen-bond donors (Lipinski definition) is 1. The van der Waals surface area contributed by atoms with Gasteiger partial charge in [0.1, 0.15) is 5.03 Å². The van der Waals surface area contributed by atoms with Crippen molar-refractivity contribution in [1.29, 1.82) is 0 Å². The quantitative estimate of drug-likeness (QED) is 0.558. The molecule has 0 fully saturated rings. The summed E-state index contributed by atoms with van der Waals surface area (Å²) in [5.74, 6) is 1.05. The van der Waals surface area contributed by atoms with Gasteiger partial charge in [0.15, 0.2) is 0 Å². The molecule has 0 atom stereocenters. The summed E-state index contributed by atoms with van der Waals surface area (Å²) in [5.41, 5.74) is 9.43. The zero-order chi connectivity index (χ0) is 15.7. The van der Waals surface area contributed by atoms with Crippen LogP contribution in [0.1, 0.15) is 5.56 Å². The number of thioether (sulfide) groups is 2. The Kier molecular flexibility index (Phi) is 4.42. The molecule has 0 saturated heterocycles. The molecule has 0 radical (unpaired) electrons. The predicted octanol–water partition coefficient (Wildman–Crippen LogP) is 4.19. The number of hydrogen-bond acceptors (Lipinski definition) is 8.